The molecule has 1 aliphatic carbocycles. The van der Waals surface area contributed by atoms with E-state index in [1.54, 1.807) is 12.4 Å². The molecule has 6 nitrogen and oxygen atoms in total. The standard InChI is InChI=1S/C14H23N5O/c1-3-10-4-6-11(7-5-10)19(2)13-9-16-12(8-17-13)14(15)18-20/h8-11,20H,3-7H2,1-2H3,(H2,15,18). The fraction of sp³-hybridized carbons (Fsp3) is 0.643. The van der Waals surface area contributed by atoms with Crippen LogP contribution in [0, 0.1) is 5.92 Å². The van der Waals surface area contributed by atoms with Gasteiger partial charge < -0.3 is 15.8 Å². The summed E-state index contributed by atoms with van der Waals surface area (Å²) in [5.41, 5.74) is 5.87. The topological polar surface area (TPSA) is 87.6 Å². The van der Waals surface area contributed by atoms with E-state index in [-0.39, 0.29) is 5.84 Å². The van der Waals surface area contributed by atoms with E-state index in [0.717, 1.165) is 11.7 Å². The van der Waals surface area contributed by atoms with Crippen molar-refractivity contribution in [1.82, 2.24) is 9.97 Å². The number of hydrogen-bond acceptors (Lipinski definition) is 5. The van der Waals surface area contributed by atoms with Gasteiger partial charge in [0.2, 0.25) is 0 Å². The van der Waals surface area contributed by atoms with Crippen molar-refractivity contribution in [3.05, 3.63) is 18.1 Å². The van der Waals surface area contributed by atoms with E-state index in [1.165, 1.54) is 32.1 Å². The highest BCUT2D eigenvalue weighted by Crippen LogP contribution is 2.30. The van der Waals surface area contributed by atoms with Crippen LogP contribution in [0.4, 0.5) is 5.82 Å². The lowest BCUT2D eigenvalue weighted by Crippen LogP contribution is -2.35. The van der Waals surface area contributed by atoms with Gasteiger partial charge in [0.25, 0.3) is 0 Å². The lowest BCUT2D eigenvalue weighted by molar-refractivity contribution is 0.313. The molecule has 110 valence electrons. The maximum atomic E-state index is 8.60. The Bertz CT molecular complexity index is 451. The summed E-state index contributed by atoms with van der Waals surface area (Å²) in [7, 11) is 2.06. The Labute approximate surface area is 119 Å². The molecule has 1 saturated carbocycles. The molecule has 2 rings (SSSR count). The van der Waals surface area contributed by atoms with Crippen molar-refractivity contribution in [3.63, 3.8) is 0 Å². The number of rotatable bonds is 4. The molecule has 0 saturated heterocycles. The molecular formula is C14H23N5O. The van der Waals surface area contributed by atoms with Gasteiger partial charge in [0.05, 0.1) is 12.4 Å². The molecule has 3 N–H and O–H groups in total. The Morgan fingerprint density at radius 2 is 2.05 bits per heavy atom. The summed E-state index contributed by atoms with van der Waals surface area (Å²) in [5, 5.41) is 11.5. The smallest absolute Gasteiger partial charge is 0.190 e. The van der Waals surface area contributed by atoms with Crippen molar-refractivity contribution in [2.45, 2.75) is 45.1 Å². The largest absolute Gasteiger partial charge is 0.409 e. The maximum Gasteiger partial charge on any atom is 0.190 e. The molecular weight excluding hydrogens is 254 g/mol. The zero-order chi connectivity index (χ0) is 14.5. The highest BCUT2D eigenvalue weighted by atomic mass is 16.4. The van der Waals surface area contributed by atoms with Crippen LogP contribution < -0.4 is 10.6 Å². The number of oxime groups is 1. The summed E-state index contributed by atoms with van der Waals surface area (Å²) in [4.78, 5) is 10.7. The summed E-state index contributed by atoms with van der Waals surface area (Å²) in [6.45, 7) is 2.27. The van der Waals surface area contributed by atoms with Crippen LogP contribution in [0.15, 0.2) is 17.5 Å². The third kappa shape index (κ3) is 3.18. The van der Waals surface area contributed by atoms with E-state index in [9.17, 15) is 0 Å². The first kappa shape index (κ1) is 14.6. The van der Waals surface area contributed by atoms with Crippen molar-refractivity contribution in [2.75, 3.05) is 11.9 Å². The van der Waals surface area contributed by atoms with Gasteiger partial charge in [0.1, 0.15) is 11.5 Å². The van der Waals surface area contributed by atoms with Crippen LogP contribution in [0.5, 0.6) is 0 Å². The second kappa shape index (κ2) is 6.54. The highest BCUT2D eigenvalue weighted by molar-refractivity contribution is 5.94. The Kier molecular flexibility index (Phi) is 4.76. The molecule has 0 bridgehead atoms. The fourth-order valence-corrected chi connectivity index (χ4v) is 2.81. The van der Waals surface area contributed by atoms with Crippen LogP contribution in [-0.2, 0) is 0 Å². The summed E-state index contributed by atoms with van der Waals surface area (Å²) in [6.07, 6.45) is 9.50. The number of nitrogens with two attached hydrogens (primary N) is 1. The van der Waals surface area contributed by atoms with Gasteiger partial charge in [-0.2, -0.15) is 0 Å². The van der Waals surface area contributed by atoms with E-state index in [1.807, 2.05) is 0 Å². The molecule has 0 amide bonds. The van der Waals surface area contributed by atoms with Crippen molar-refractivity contribution >= 4 is 11.7 Å². The molecule has 0 aromatic carbocycles. The molecule has 0 atom stereocenters. The van der Waals surface area contributed by atoms with Gasteiger partial charge in [-0.15, -0.1) is 0 Å². The first-order valence-corrected chi connectivity index (χ1v) is 7.18. The van der Waals surface area contributed by atoms with Gasteiger partial charge in [-0.25, -0.2) is 9.97 Å². The molecule has 0 spiro atoms. The van der Waals surface area contributed by atoms with Gasteiger partial charge in [0, 0.05) is 13.1 Å². The third-order valence-corrected chi connectivity index (χ3v) is 4.31. The zero-order valence-corrected chi connectivity index (χ0v) is 12.2. The predicted octanol–water partition coefficient (Wildman–Crippen LogP) is 1.98. The Morgan fingerprint density at radius 1 is 1.35 bits per heavy atom. The second-order valence-electron chi connectivity index (χ2n) is 5.44. The van der Waals surface area contributed by atoms with Gasteiger partial charge in [-0.3, -0.25) is 0 Å². The highest BCUT2D eigenvalue weighted by Gasteiger charge is 2.23. The number of nitrogens with zero attached hydrogens (tertiary/aromatic N) is 4. The van der Waals surface area contributed by atoms with Crippen molar-refractivity contribution in [1.29, 1.82) is 0 Å². The van der Waals surface area contributed by atoms with E-state index in [4.69, 9.17) is 10.9 Å². The van der Waals surface area contributed by atoms with Crippen molar-refractivity contribution in [3.8, 4) is 0 Å². The van der Waals surface area contributed by atoms with Crippen LogP contribution >= 0.6 is 0 Å². The quantitative estimate of drug-likeness (QED) is 0.380. The zero-order valence-electron chi connectivity index (χ0n) is 12.2. The average Bonchev–Trinajstić information content (AvgIpc) is 2.53. The molecule has 0 radical (unpaired) electrons. The lowest BCUT2D eigenvalue weighted by atomic mass is 9.84. The normalized spacial score (nSPS) is 23.6. The van der Waals surface area contributed by atoms with Crippen molar-refractivity contribution in [2.24, 2.45) is 16.8 Å². The van der Waals surface area contributed by atoms with Gasteiger partial charge >= 0.3 is 0 Å². The fourth-order valence-electron chi connectivity index (χ4n) is 2.81. The number of amidine groups is 1. The number of hydrogen-bond donors (Lipinski definition) is 2. The minimum Gasteiger partial charge on any atom is -0.409 e. The summed E-state index contributed by atoms with van der Waals surface area (Å²) < 4.78 is 0. The SMILES string of the molecule is CCC1CCC(N(C)c2cnc(C(N)=NO)cn2)CC1. The van der Waals surface area contributed by atoms with Crippen molar-refractivity contribution < 1.29 is 5.21 Å². The van der Waals surface area contributed by atoms with Gasteiger partial charge in [0.15, 0.2) is 5.84 Å². The Balaban J connectivity index is 2.01. The number of anilines is 1. The summed E-state index contributed by atoms with van der Waals surface area (Å²) in [6, 6.07) is 0.529. The van der Waals surface area contributed by atoms with Crippen LogP contribution in [-0.4, -0.2) is 34.1 Å². The molecule has 1 heterocycles. The predicted molar refractivity (Wildman–Crippen MR) is 79.0 cm³/mol. The minimum atomic E-state index is -0.0184. The molecule has 1 aliphatic rings. The molecule has 6 heteroatoms. The van der Waals surface area contributed by atoms with E-state index in [2.05, 4.69) is 34.0 Å². The molecule has 1 aromatic rings. The molecule has 0 aliphatic heterocycles. The Morgan fingerprint density at radius 3 is 2.55 bits per heavy atom. The third-order valence-electron chi connectivity index (χ3n) is 4.31. The summed E-state index contributed by atoms with van der Waals surface area (Å²) in [5.74, 6) is 1.70. The molecule has 20 heavy (non-hydrogen) atoms. The molecule has 1 fully saturated rings. The Hall–Kier alpha value is -1.85. The van der Waals surface area contributed by atoms with Crippen LogP contribution in [0.1, 0.15) is 44.7 Å². The maximum absolute atomic E-state index is 8.60. The second-order valence-corrected chi connectivity index (χ2v) is 5.44. The monoisotopic (exact) mass is 277 g/mol. The van der Waals surface area contributed by atoms with Crippen LogP contribution in [0.2, 0.25) is 0 Å². The number of aromatic nitrogens is 2. The first-order valence-electron chi connectivity index (χ1n) is 7.18. The van der Waals surface area contributed by atoms with Gasteiger partial charge in [-0.05, 0) is 31.6 Å². The van der Waals surface area contributed by atoms with Crippen LogP contribution in [0.25, 0.3) is 0 Å². The van der Waals surface area contributed by atoms with Crippen LogP contribution in [0.3, 0.4) is 0 Å². The first-order chi connectivity index (χ1) is 9.65. The van der Waals surface area contributed by atoms with E-state index in [0.29, 0.717) is 11.7 Å². The van der Waals surface area contributed by atoms with Gasteiger partial charge in [-0.1, -0.05) is 18.5 Å². The molecule has 0 unspecified atom stereocenters. The minimum absolute atomic E-state index is 0.0184. The average molecular weight is 277 g/mol. The molecule has 1 aromatic heterocycles. The summed E-state index contributed by atoms with van der Waals surface area (Å²) >= 11 is 0. The lowest BCUT2D eigenvalue weighted by Gasteiger charge is -2.34. The van der Waals surface area contributed by atoms with E-state index >= 15 is 0 Å². The van der Waals surface area contributed by atoms with E-state index < -0.39 is 0 Å².